The summed E-state index contributed by atoms with van der Waals surface area (Å²) >= 11 is 0. The van der Waals surface area contributed by atoms with Gasteiger partial charge in [0, 0.05) is 0 Å². The van der Waals surface area contributed by atoms with Gasteiger partial charge in [-0.1, -0.05) is 49.4 Å². The van der Waals surface area contributed by atoms with E-state index in [1.807, 2.05) is 71.0 Å². The van der Waals surface area contributed by atoms with Gasteiger partial charge in [0.1, 0.15) is 11.3 Å². The number of carbonyl (C=O) groups excluding carboxylic acids is 1. The van der Waals surface area contributed by atoms with Crippen LogP contribution in [0.5, 0.6) is 0 Å². The molecule has 27 heavy (non-hydrogen) atoms. The molecule has 2 atom stereocenters. The third-order valence-corrected chi connectivity index (χ3v) is 4.34. The van der Waals surface area contributed by atoms with Crippen molar-refractivity contribution in [1.29, 1.82) is 0 Å². The quantitative estimate of drug-likeness (QED) is 0.663. The Kier molecular flexibility index (Phi) is 7.06. The van der Waals surface area contributed by atoms with Gasteiger partial charge in [0.05, 0.1) is 25.4 Å². The highest BCUT2D eigenvalue weighted by atomic mass is 16.6. The van der Waals surface area contributed by atoms with Crippen molar-refractivity contribution in [1.82, 2.24) is 4.90 Å². The number of hydrogen-bond acceptors (Lipinski definition) is 4. The first-order valence-electron chi connectivity index (χ1n) is 9.62. The van der Waals surface area contributed by atoms with Crippen LogP contribution in [0.2, 0.25) is 0 Å². The molecular weight excluding hydrogens is 342 g/mol. The number of rotatable bonds is 6. The number of allylic oxidation sites excluding steroid dienone is 1. The van der Waals surface area contributed by atoms with E-state index < -0.39 is 11.3 Å². The Morgan fingerprint density at radius 3 is 2.59 bits per heavy atom. The van der Waals surface area contributed by atoms with Crippen LogP contribution in [-0.2, 0) is 20.8 Å². The Morgan fingerprint density at radius 2 is 2.00 bits per heavy atom. The molecule has 1 aliphatic heterocycles. The summed E-state index contributed by atoms with van der Waals surface area (Å²) in [5, 5.41) is 0. The Balaban J connectivity index is 2.20. The average Bonchev–Trinajstić information content (AvgIpc) is 2.89. The van der Waals surface area contributed by atoms with Crippen molar-refractivity contribution in [2.75, 3.05) is 6.61 Å². The first kappa shape index (κ1) is 21.5. The van der Waals surface area contributed by atoms with Crippen LogP contribution in [0.25, 0.3) is 0 Å². The molecule has 1 saturated heterocycles. The smallest absolute Gasteiger partial charge is 0.413 e. The number of ether oxygens (including phenoxy) is 3. The Labute approximate surface area is 163 Å². The van der Waals surface area contributed by atoms with Gasteiger partial charge in [0.15, 0.2) is 0 Å². The molecule has 0 bridgehead atoms. The summed E-state index contributed by atoms with van der Waals surface area (Å²) in [5.41, 5.74) is -0.226. The van der Waals surface area contributed by atoms with Crippen LogP contribution in [0, 0.1) is 0 Å². The second-order valence-electron chi connectivity index (χ2n) is 8.27. The second-order valence-corrected chi connectivity index (χ2v) is 8.27. The third-order valence-electron chi connectivity index (χ3n) is 4.34. The summed E-state index contributed by atoms with van der Waals surface area (Å²) in [7, 11) is 0. The molecule has 0 aliphatic carbocycles. The normalized spacial score (nSPS) is 20.8. The molecule has 2 rings (SSSR count). The largest absolute Gasteiger partial charge is 0.444 e. The van der Waals surface area contributed by atoms with E-state index in [0.29, 0.717) is 13.2 Å². The van der Waals surface area contributed by atoms with E-state index in [4.69, 9.17) is 14.2 Å². The van der Waals surface area contributed by atoms with E-state index >= 15 is 0 Å². The lowest BCUT2D eigenvalue weighted by Gasteiger charge is -2.37. The molecule has 1 fully saturated rings. The van der Waals surface area contributed by atoms with Gasteiger partial charge in [-0.2, -0.15) is 0 Å². The van der Waals surface area contributed by atoms with Gasteiger partial charge >= 0.3 is 6.09 Å². The molecule has 1 aliphatic rings. The summed E-state index contributed by atoms with van der Waals surface area (Å²) < 4.78 is 17.8. The minimum Gasteiger partial charge on any atom is -0.444 e. The molecule has 0 spiro atoms. The minimum atomic E-state index is -0.749. The predicted octanol–water partition coefficient (Wildman–Crippen LogP) is 4.91. The maximum Gasteiger partial charge on any atom is 0.413 e. The lowest BCUT2D eigenvalue weighted by molar-refractivity contribution is -0.0698. The summed E-state index contributed by atoms with van der Waals surface area (Å²) in [5.74, 6) is 0. The zero-order chi connectivity index (χ0) is 20.1. The monoisotopic (exact) mass is 375 g/mol. The Morgan fingerprint density at radius 1 is 1.33 bits per heavy atom. The number of carbonyl (C=O) groups is 1. The third kappa shape index (κ3) is 6.08. The molecule has 1 amide bonds. The summed E-state index contributed by atoms with van der Waals surface area (Å²) in [6.45, 7) is 12.3. The highest BCUT2D eigenvalue weighted by molar-refractivity contribution is 5.70. The van der Waals surface area contributed by atoms with Gasteiger partial charge in [-0.15, -0.1) is 0 Å². The van der Waals surface area contributed by atoms with Crippen molar-refractivity contribution in [3.05, 3.63) is 48.0 Å². The van der Waals surface area contributed by atoms with E-state index in [1.165, 1.54) is 0 Å². The van der Waals surface area contributed by atoms with Crippen molar-refractivity contribution in [2.45, 2.75) is 78.0 Å². The molecule has 5 nitrogen and oxygen atoms in total. The minimum absolute atomic E-state index is 0.249. The zero-order valence-corrected chi connectivity index (χ0v) is 17.4. The van der Waals surface area contributed by atoms with Crippen molar-refractivity contribution >= 4 is 6.09 Å². The van der Waals surface area contributed by atoms with Crippen LogP contribution < -0.4 is 0 Å². The van der Waals surface area contributed by atoms with E-state index in [-0.39, 0.29) is 18.2 Å². The SMILES string of the molecule is CC/C=C/[C@@H](OCc1ccccc1)[C@@H]1COC(C)(C)N1C(=O)OC(C)(C)C. The van der Waals surface area contributed by atoms with Gasteiger partial charge in [0.2, 0.25) is 0 Å². The molecule has 1 heterocycles. The Hall–Kier alpha value is -1.85. The number of benzene rings is 1. The summed E-state index contributed by atoms with van der Waals surface area (Å²) in [4.78, 5) is 14.6. The molecule has 0 saturated carbocycles. The number of hydrogen-bond donors (Lipinski definition) is 0. The fourth-order valence-electron chi connectivity index (χ4n) is 3.07. The van der Waals surface area contributed by atoms with Gasteiger partial charge in [0.25, 0.3) is 0 Å². The molecular formula is C22H33NO4. The van der Waals surface area contributed by atoms with Crippen LogP contribution in [0.4, 0.5) is 4.79 Å². The van der Waals surface area contributed by atoms with E-state index in [0.717, 1.165) is 12.0 Å². The van der Waals surface area contributed by atoms with Gasteiger partial charge in [-0.05, 0) is 46.6 Å². The average molecular weight is 376 g/mol. The maximum absolute atomic E-state index is 12.9. The fraction of sp³-hybridized carbons (Fsp3) is 0.591. The van der Waals surface area contributed by atoms with Gasteiger partial charge in [-0.25, -0.2) is 4.79 Å². The molecule has 150 valence electrons. The predicted molar refractivity (Wildman–Crippen MR) is 106 cm³/mol. The molecule has 0 radical (unpaired) electrons. The first-order valence-corrected chi connectivity index (χ1v) is 9.62. The molecule has 5 heteroatoms. The molecule has 0 unspecified atom stereocenters. The molecule has 1 aromatic carbocycles. The number of amides is 1. The van der Waals surface area contributed by atoms with Crippen LogP contribution in [0.3, 0.4) is 0 Å². The highest BCUT2D eigenvalue weighted by Gasteiger charge is 2.48. The maximum atomic E-state index is 12.9. The van der Waals surface area contributed by atoms with Crippen molar-refractivity contribution < 1.29 is 19.0 Å². The molecule has 1 aromatic rings. The molecule has 0 aromatic heterocycles. The Bertz CT molecular complexity index is 633. The topological polar surface area (TPSA) is 48.0 Å². The zero-order valence-electron chi connectivity index (χ0n) is 17.4. The molecule has 0 N–H and O–H groups in total. The van der Waals surface area contributed by atoms with Crippen molar-refractivity contribution in [3.63, 3.8) is 0 Å². The number of nitrogens with zero attached hydrogens (tertiary/aromatic N) is 1. The van der Waals surface area contributed by atoms with Crippen LogP contribution in [0.15, 0.2) is 42.5 Å². The lowest BCUT2D eigenvalue weighted by atomic mass is 10.1. The summed E-state index contributed by atoms with van der Waals surface area (Å²) in [6, 6.07) is 9.77. The van der Waals surface area contributed by atoms with Gasteiger partial charge < -0.3 is 14.2 Å². The van der Waals surface area contributed by atoms with Crippen molar-refractivity contribution in [2.24, 2.45) is 0 Å². The van der Waals surface area contributed by atoms with E-state index in [9.17, 15) is 4.79 Å². The van der Waals surface area contributed by atoms with Crippen LogP contribution in [-0.4, -0.2) is 41.1 Å². The van der Waals surface area contributed by atoms with Gasteiger partial charge in [-0.3, -0.25) is 4.90 Å². The summed E-state index contributed by atoms with van der Waals surface area (Å²) in [6.07, 6.45) is 4.33. The van der Waals surface area contributed by atoms with Crippen LogP contribution >= 0.6 is 0 Å². The highest BCUT2D eigenvalue weighted by Crippen LogP contribution is 2.32. The first-order chi connectivity index (χ1) is 12.6. The van der Waals surface area contributed by atoms with E-state index in [2.05, 4.69) is 13.0 Å². The fourth-order valence-corrected chi connectivity index (χ4v) is 3.07. The van der Waals surface area contributed by atoms with Crippen molar-refractivity contribution in [3.8, 4) is 0 Å². The van der Waals surface area contributed by atoms with Crippen LogP contribution in [0.1, 0.15) is 53.5 Å². The van der Waals surface area contributed by atoms with E-state index in [1.54, 1.807) is 4.90 Å². The second kappa shape index (κ2) is 8.89. The lowest BCUT2D eigenvalue weighted by Crippen LogP contribution is -2.53. The standard InChI is InChI=1S/C22H33NO4/c1-7-8-14-19(25-15-17-12-10-9-11-13-17)18-16-26-22(5,6)23(18)20(24)27-21(2,3)4/h8-14,18-19H,7,15-16H2,1-6H3/b14-8+/t18-,19+/m0/s1.